The van der Waals surface area contributed by atoms with E-state index in [0.717, 1.165) is 24.6 Å². The van der Waals surface area contributed by atoms with Crippen molar-refractivity contribution in [1.82, 2.24) is 0 Å². The van der Waals surface area contributed by atoms with Gasteiger partial charge in [-0.3, -0.25) is 0 Å². The number of ether oxygens (including phenoxy) is 2. The van der Waals surface area contributed by atoms with Crippen LogP contribution in [-0.4, -0.2) is 37.1 Å². The maximum absolute atomic E-state index is 6.66. The van der Waals surface area contributed by atoms with E-state index in [1.54, 1.807) is 0 Å². The van der Waals surface area contributed by atoms with Crippen molar-refractivity contribution in [3.05, 3.63) is 143 Å². The smallest absolute Gasteiger partial charge is 0.200 e. The van der Waals surface area contributed by atoms with Gasteiger partial charge in [0.2, 0.25) is 0 Å². The highest BCUT2D eigenvalue weighted by Crippen LogP contribution is 2.39. The summed E-state index contributed by atoms with van der Waals surface area (Å²) in [5.41, 5.74) is 7.10. The second-order valence-electron chi connectivity index (χ2n) is 15.5. The fraction of sp³-hybridized carbons (Fsp3) is 0.395. The lowest BCUT2D eigenvalue weighted by Crippen LogP contribution is -2.44. The Balaban J connectivity index is 1.43. The summed E-state index contributed by atoms with van der Waals surface area (Å²) >= 11 is 0. The van der Waals surface area contributed by atoms with Crippen LogP contribution in [0.25, 0.3) is 0 Å². The zero-order chi connectivity index (χ0) is 33.1. The molecule has 4 aromatic carbocycles. The second kappa shape index (κ2) is 13.5. The van der Waals surface area contributed by atoms with Crippen molar-refractivity contribution in [2.75, 3.05) is 13.2 Å². The molecular formula is C43H50N2O2. The van der Waals surface area contributed by atoms with Crippen LogP contribution in [0.2, 0.25) is 0 Å². The number of rotatable bonds is 10. The van der Waals surface area contributed by atoms with Gasteiger partial charge in [0, 0.05) is 0 Å². The molecule has 2 heterocycles. The number of hydrogen-bond acceptors (Lipinski definition) is 4. The van der Waals surface area contributed by atoms with E-state index in [9.17, 15) is 0 Å². The quantitative estimate of drug-likeness (QED) is 0.176. The molecular weight excluding hydrogens is 576 g/mol. The summed E-state index contributed by atoms with van der Waals surface area (Å²) in [7, 11) is 0. The molecule has 0 saturated carbocycles. The molecule has 0 radical (unpaired) electrons. The predicted molar refractivity (Wildman–Crippen MR) is 195 cm³/mol. The van der Waals surface area contributed by atoms with Crippen LogP contribution < -0.4 is 0 Å². The molecule has 6 rings (SSSR count). The third kappa shape index (κ3) is 7.87. The molecule has 0 aromatic heterocycles. The number of aliphatic imine (C=N–C) groups is 2. The van der Waals surface area contributed by atoms with E-state index >= 15 is 0 Å². The van der Waals surface area contributed by atoms with Gasteiger partial charge in [-0.05, 0) is 69.9 Å². The largest absolute Gasteiger partial charge is 0.478 e. The average molecular weight is 627 g/mol. The molecule has 244 valence electrons. The van der Waals surface area contributed by atoms with Crippen molar-refractivity contribution in [3.63, 3.8) is 0 Å². The summed E-state index contributed by atoms with van der Waals surface area (Å²) in [5.74, 6) is 1.50. The zero-order valence-corrected chi connectivity index (χ0v) is 29.0. The molecule has 2 aliphatic heterocycles. The third-order valence-corrected chi connectivity index (χ3v) is 9.52. The lowest BCUT2D eigenvalue weighted by Gasteiger charge is -2.33. The van der Waals surface area contributed by atoms with Crippen LogP contribution in [0.3, 0.4) is 0 Å². The maximum atomic E-state index is 6.66. The molecule has 0 spiro atoms. The molecule has 0 N–H and O–H groups in total. The first-order valence-electron chi connectivity index (χ1n) is 17.2. The Morgan fingerprint density at radius 2 is 0.851 bits per heavy atom. The maximum Gasteiger partial charge on any atom is 0.200 e. The number of hydrogen-bond donors (Lipinski definition) is 0. The zero-order valence-electron chi connectivity index (χ0n) is 29.0. The molecule has 0 amide bonds. The third-order valence-electron chi connectivity index (χ3n) is 9.52. The molecule has 4 heteroatoms. The molecule has 0 bridgehead atoms. The monoisotopic (exact) mass is 626 g/mol. The van der Waals surface area contributed by atoms with Crippen molar-refractivity contribution >= 4 is 11.8 Å². The summed E-state index contributed by atoms with van der Waals surface area (Å²) in [4.78, 5) is 10.7. The first-order valence-corrected chi connectivity index (χ1v) is 17.2. The van der Waals surface area contributed by atoms with Gasteiger partial charge in [0.25, 0.3) is 0 Å². The Morgan fingerprint density at radius 3 is 1.19 bits per heavy atom. The van der Waals surface area contributed by atoms with E-state index in [1.807, 2.05) is 0 Å². The fourth-order valence-electron chi connectivity index (χ4n) is 6.73. The first-order chi connectivity index (χ1) is 22.5. The van der Waals surface area contributed by atoms with Crippen molar-refractivity contribution in [2.24, 2.45) is 15.4 Å². The van der Waals surface area contributed by atoms with Crippen molar-refractivity contribution in [2.45, 2.75) is 90.1 Å². The van der Waals surface area contributed by atoms with Crippen LogP contribution in [0.5, 0.6) is 0 Å². The molecule has 2 unspecified atom stereocenters. The van der Waals surface area contributed by atoms with E-state index in [1.165, 1.54) is 33.4 Å². The summed E-state index contributed by atoms with van der Waals surface area (Å²) < 4.78 is 13.3. The van der Waals surface area contributed by atoms with Gasteiger partial charge in [0.05, 0.1) is 12.1 Å². The lowest BCUT2D eigenvalue weighted by atomic mass is 9.74. The Morgan fingerprint density at radius 1 is 0.489 bits per heavy atom. The van der Waals surface area contributed by atoms with Crippen molar-refractivity contribution in [1.29, 1.82) is 0 Å². The standard InChI is InChI=1S/C43H50N2O2/c1-41(2,3)35-21-17-33(18-22-35)27-43(28-34-19-23-36(24-20-34)42(4,5)6,39-44-37(29-46-39)25-31-13-9-7-10-14-31)40-45-38(30-47-40)26-32-15-11-8-12-16-32/h7-24,37-38H,25-30H2,1-6H3. The van der Waals surface area contributed by atoms with Gasteiger partial charge in [-0.1, -0.05) is 151 Å². The Hall–Kier alpha value is -4.18. The van der Waals surface area contributed by atoms with E-state index in [4.69, 9.17) is 19.5 Å². The molecule has 2 atom stereocenters. The minimum absolute atomic E-state index is 0.0421. The summed E-state index contributed by atoms with van der Waals surface area (Å²) in [5, 5.41) is 0. The minimum Gasteiger partial charge on any atom is -0.478 e. The second-order valence-corrected chi connectivity index (χ2v) is 15.5. The van der Waals surface area contributed by atoms with E-state index < -0.39 is 5.41 Å². The highest BCUT2D eigenvalue weighted by atomic mass is 16.5. The highest BCUT2D eigenvalue weighted by Gasteiger charge is 2.49. The van der Waals surface area contributed by atoms with Crippen LogP contribution in [0.1, 0.15) is 74.9 Å². The van der Waals surface area contributed by atoms with E-state index in [-0.39, 0.29) is 22.9 Å². The van der Waals surface area contributed by atoms with Crippen molar-refractivity contribution < 1.29 is 9.47 Å². The molecule has 2 aliphatic rings. The van der Waals surface area contributed by atoms with E-state index in [0.29, 0.717) is 26.1 Å². The first kappa shape index (κ1) is 32.7. The van der Waals surface area contributed by atoms with E-state index in [2.05, 4.69) is 151 Å². The Bertz CT molecular complexity index is 1550. The Labute approximate surface area is 282 Å². The summed E-state index contributed by atoms with van der Waals surface area (Å²) in [6.07, 6.45) is 3.05. The van der Waals surface area contributed by atoms with Crippen molar-refractivity contribution in [3.8, 4) is 0 Å². The van der Waals surface area contributed by atoms with Gasteiger partial charge >= 0.3 is 0 Å². The van der Waals surface area contributed by atoms with Crippen LogP contribution in [-0.2, 0) is 46.0 Å². The minimum atomic E-state index is -0.677. The predicted octanol–water partition coefficient (Wildman–Crippen LogP) is 9.13. The van der Waals surface area contributed by atoms with Crippen LogP contribution in [0.4, 0.5) is 0 Å². The van der Waals surface area contributed by atoms with Gasteiger partial charge in [0.1, 0.15) is 18.6 Å². The number of nitrogens with zero attached hydrogens (tertiary/aromatic N) is 2. The van der Waals surface area contributed by atoms with Gasteiger partial charge in [-0.25, -0.2) is 9.98 Å². The Kier molecular flexibility index (Phi) is 9.41. The topological polar surface area (TPSA) is 43.2 Å². The van der Waals surface area contributed by atoms with Gasteiger partial charge in [-0.15, -0.1) is 0 Å². The lowest BCUT2D eigenvalue weighted by molar-refractivity contribution is 0.248. The number of benzene rings is 4. The highest BCUT2D eigenvalue weighted by molar-refractivity contribution is 6.07. The molecule has 47 heavy (non-hydrogen) atoms. The molecule has 4 aromatic rings. The normalized spacial score (nSPS) is 18.3. The van der Waals surface area contributed by atoms with Crippen LogP contribution in [0, 0.1) is 5.41 Å². The van der Waals surface area contributed by atoms with Gasteiger partial charge in [-0.2, -0.15) is 0 Å². The van der Waals surface area contributed by atoms with Gasteiger partial charge in [0.15, 0.2) is 11.8 Å². The molecule has 4 nitrogen and oxygen atoms in total. The van der Waals surface area contributed by atoms with Crippen LogP contribution >= 0.6 is 0 Å². The fourth-order valence-corrected chi connectivity index (χ4v) is 6.73. The molecule has 0 aliphatic carbocycles. The molecule has 0 fully saturated rings. The summed E-state index contributed by atoms with van der Waals surface area (Å²) in [6.45, 7) is 14.7. The van der Waals surface area contributed by atoms with Crippen LogP contribution in [0.15, 0.2) is 119 Å². The molecule has 0 saturated heterocycles. The summed E-state index contributed by atoms with van der Waals surface area (Å²) in [6, 6.07) is 39.4. The van der Waals surface area contributed by atoms with Gasteiger partial charge < -0.3 is 9.47 Å². The SMILES string of the molecule is CC(C)(C)c1ccc(CC(Cc2ccc(C(C)(C)C)cc2)(C2=NC(Cc3ccccc3)CO2)C2=NC(Cc3ccccc3)CO2)cc1. The average Bonchev–Trinajstić information content (AvgIpc) is 3.72.